The molecule has 2 N–H and O–H groups in total. The molecular formula is C18H27N3O. The summed E-state index contributed by atoms with van der Waals surface area (Å²) in [5.74, 6) is 1.03. The van der Waals surface area contributed by atoms with Crippen molar-refractivity contribution in [3.05, 3.63) is 17.5 Å². The van der Waals surface area contributed by atoms with Crippen LogP contribution in [0.4, 0.5) is 0 Å². The van der Waals surface area contributed by atoms with E-state index in [0.717, 1.165) is 36.6 Å². The van der Waals surface area contributed by atoms with Gasteiger partial charge in [-0.05, 0) is 68.3 Å². The van der Waals surface area contributed by atoms with Gasteiger partial charge in [0, 0.05) is 5.69 Å². The second-order valence-corrected chi connectivity index (χ2v) is 9.14. The summed E-state index contributed by atoms with van der Waals surface area (Å²) >= 11 is 0. The lowest BCUT2D eigenvalue weighted by molar-refractivity contribution is -0.170. The van der Waals surface area contributed by atoms with Crippen LogP contribution in [0.1, 0.15) is 63.8 Å². The van der Waals surface area contributed by atoms with E-state index in [1.54, 1.807) is 0 Å². The standard InChI is InChI=1S/C18H27N3O/c1-12-4-14(21-20-12)8-19-15(22)18-7-13-5-16(2,10-18)9-17(3,6-13)11-18/h4,13H,5-11H2,1-3H3,(H,19,22)(H,20,21)/t13?,16-,17+,18?. The molecule has 2 unspecified atom stereocenters. The number of nitrogens with one attached hydrogen (secondary N) is 2. The number of rotatable bonds is 3. The maximum atomic E-state index is 13.0. The molecule has 4 heteroatoms. The summed E-state index contributed by atoms with van der Waals surface area (Å²) in [5.41, 5.74) is 2.61. The van der Waals surface area contributed by atoms with Crippen molar-refractivity contribution in [2.75, 3.05) is 0 Å². The minimum absolute atomic E-state index is 0.117. The molecule has 4 nitrogen and oxygen atoms in total. The molecule has 0 aromatic carbocycles. The Balaban J connectivity index is 1.52. The third kappa shape index (κ3) is 2.19. The van der Waals surface area contributed by atoms with Crippen LogP contribution in [0.15, 0.2) is 6.07 Å². The third-order valence-corrected chi connectivity index (χ3v) is 6.30. The van der Waals surface area contributed by atoms with Crippen LogP contribution in [-0.4, -0.2) is 16.1 Å². The lowest BCUT2D eigenvalue weighted by Gasteiger charge is -2.64. The van der Waals surface area contributed by atoms with Gasteiger partial charge in [-0.2, -0.15) is 5.10 Å². The van der Waals surface area contributed by atoms with Crippen molar-refractivity contribution in [2.45, 2.75) is 65.8 Å². The number of carbonyl (C=O) groups is 1. The number of carbonyl (C=O) groups excluding carboxylic acids is 1. The number of H-pyrrole nitrogens is 1. The van der Waals surface area contributed by atoms with Crippen molar-refractivity contribution in [1.82, 2.24) is 15.5 Å². The second-order valence-electron chi connectivity index (χ2n) is 9.14. The zero-order valence-electron chi connectivity index (χ0n) is 14.0. The molecule has 4 saturated carbocycles. The minimum Gasteiger partial charge on any atom is -0.350 e. The van der Waals surface area contributed by atoms with Gasteiger partial charge in [0.25, 0.3) is 0 Å². The first-order chi connectivity index (χ1) is 10.3. The first kappa shape index (κ1) is 14.3. The van der Waals surface area contributed by atoms with Gasteiger partial charge in [0.1, 0.15) is 0 Å². The fourth-order valence-electron chi connectivity index (χ4n) is 6.62. The topological polar surface area (TPSA) is 57.8 Å². The fourth-order valence-corrected chi connectivity index (χ4v) is 6.62. The highest BCUT2D eigenvalue weighted by atomic mass is 16.2. The largest absolute Gasteiger partial charge is 0.350 e. The van der Waals surface area contributed by atoms with Crippen molar-refractivity contribution in [3.63, 3.8) is 0 Å². The molecule has 1 heterocycles. The van der Waals surface area contributed by atoms with E-state index < -0.39 is 0 Å². The monoisotopic (exact) mass is 301 g/mol. The number of nitrogens with zero attached hydrogens (tertiary/aromatic N) is 1. The highest BCUT2D eigenvalue weighted by Gasteiger charge is 2.62. The first-order valence-electron chi connectivity index (χ1n) is 8.59. The van der Waals surface area contributed by atoms with Gasteiger partial charge < -0.3 is 5.32 Å². The van der Waals surface area contributed by atoms with Crippen LogP contribution in [0, 0.1) is 29.1 Å². The van der Waals surface area contributed by atoms with E-state index in [1.165, 1.54) is 19.3 Å². The Morgan fingerprint density at radius 2 is 1.95 bits per heavy atom. The molecule has 0 radical (unpaired) electrons. The Kier molecular flexibility index (Phi) is 2.83. The molecule has 0 spiro atoms. The Labute approximate surface area is 132 Å². The van der Waals surface area contributed by atoms with Gasteiger partial charge in [-0.1, -0.05) is 13.8 Å². The lowest BCUT2D eigenvalue weighted by atomic mass is 9.40. The maximum absolute atomic E-state index is 13.0. The van der Waals surface area contributed by atoms with Crippen molar-refractivity contribution >= 4 is 5.91 Å². The van der Waals surface area contributed by atoms with E-state index in [4.69, 9.17) is 0 Å². The summed E-state index contributed by atoms with van der Waals surface area (Å²) in [7, 11) is 0. The van der Waals surface area contributed by atoms with Crippen molar-refractivity contribution in [2.24, 2.45) is 22.2 Å². The highest BCUT2D eigenvalue weighted by Crippen LogP contribution is 2.69. The van der Waals surface area contributed by atoms with Crippen LogP contribution in [0.2, 0.25) is 0 Å². The van der Waals surface area contributed by atoms with Crippen LogP contribution in [-0.2, 0) is 11.3 Å². The summed E-state index contributed by atoms with van der Waals surface area (Å²) in [4.78, 5) is 13.0. The SMILES string of the molecule is Cc1cc(CNC(=O)C23CC4C[C@@](C)(C2)C[C@](C)(C4)C3)n[nH]1. The summed E-state index contributed by atoms with van der Waals surface area (Å²) in [5, 5.41) is 10.3. The van der Waals surface area contributed by atoms with Gasteiger partial charge in [-0.25, -0.2) is 0 Å². The zero-order chi connectivity index (χ0) is 15.6. The van der Waals surface area contributed by atoms with Crippen LogP contribution >= 0.6 is 0 Å². The molecular weight excluding hydrogens is 274 g/mol. The summed E-state index contributed by atoms with van der Waals surface area (Å²) in [6.07, 6.45) is 7.23. The normalized spacial score (nSPS) is 42.6. The molecule has 1 aromatic rings. The smallest absolute Gasteiger partial charge is 0.226 e. The zero-order valence-corrected chi connectivity index (χ0v) is 14.0. The second kappa shape index (κ2) is 4.36. The van der Waals surface area contributed by atoms with Gasteiger partial charge in [0.2, 0.25) is 5.91 Å². The number of aryl methyl sites for hydroxylation is 1. The lowest BCUT2D eigenvalue weighted by Crippen LogP contribution is -2.59. The van der Waals surface area contributed by atoms with E-state index in [2.05, 4.69) is 29.4 Å². The number of aromatic amines is 1. The molecule has 4 aliphatic rings. The third-order valence-electron chi connectivity index (χ3n) is 6.30. The molecule has 4 bridgehead atoms. The Bertz CT molecular complexity index is 602. The molecule has 1 amide bonds. The molecule has 4 fully saturated rings. The predicted molar refractivity (Wildman–Crippen MR) is 85.0 cm³/mol. The molecule has 0 saturated heterocycles. The van der Waals surface area contributed by atoms with Crippen LogP contribution in [0.25, 0.3) is 0 Å². The molecule has 22 heavy (non-hydrogen) atoms. The van der Waals surface area contributed by atoms with Gasteiger partial charge in [0.15, 0.2) is 0 Å². The van der Waals surface area contributed by atoms with Gasteiger partial charge in [0.05, 0.1) is 17.7 Å². The Hall–Kier alpha value is -1.32. The summed E-state index contributed by atoms with van der Waals surface area (Å²) in [6, 6.07) is 2.00. The van der Waals surface area contributed by atoms with Crippen molar-refractivity contribution < 1.29 is 4.79 Å². The number of amides is 1. The Morgan fingerprint density at radius 3 is 2.50 bits per heavy atom. The molecule has 1 aromatic heterocycles. The van der Waals surface area contributed by atoms with Gasteiger partial charge in [-0.15, -0.1) is 0 Å². The summed E-state index contributed by atoms with van der Waals surface area (Å²) in [6.45, 7) is 7.35. The van der Waals surface area contributed by atoms with Crippen LogP contribution in [0.5, 0.6) is 0 Å². The fraction of sp³-hybridized carbons (Fsp3) is 0.778. The van der Waals surface area contributed by atoms with Gasteiger partial charge >= 0.3 is 0 Å². The van der Waals surface area contributed by atoms with E-state index in [1.807, 2.05) is 13.0 Å². The average Bonchev–Trinajstić information content (AvgIpc) is 2.77. The van der Waals surface area contributed by atoms with Crippen molar-refractivity contribution in [1.29, 1.82) is 0 Å². The van der Waals surface area contributed by atoms with E-state index in [9.17, 15) is 4.79 Å². The first-order valence-corrected chi connectivity index (χ1v) is 8.59. The van der Waals surface area contributed by atoms with Crippen LogP contribution < -0.4 is 5.32 Å². The molecule has 0 aliphatic heterocycles. The van der Waals surface area contributed by atoms with E-state index in [-0.39, 0.29) is 11.3 Å². The number of hydrogen-bond acceptors (Lipinski definition) is 2. The summed E-state index contributed by atoms with van der Waals surface area (Å²) < 4.78 is 0. The number of hydrogen-bond donors (Lipinski definition) is 2. The quantitative estimate of drug-likeness (QED) is 0.899. The predicted octanol–water partition coefficient (Wildman–Crippen LogP) is 3.33. The van der Waals surface area contributed by atoms with E-state index >= 15 is 0 Å². The maximum Gasteiger partial charge on any atom is 0.226 e. The minimum atomic E-state index is -0.117. The van der Waals surface area contributed by atoms with Gasteiger partial charge in [-0.3, -0.25) is 9.89 Å². The molecule has 4 atom stereocenters. The molecule has 4 aliphatic carbocycles. The van der Waals surface area contributed by atoms with Crippen molar-refractivity contribution in [3.8, 4) is 0 Å². The molecule has 120 valence electrons. The average molecular weight is 301 g/mol. The number of aromatic nitrogens is 2. The Morgan fingerprint density at radius 1 is 1.27 bits per heavy atom. The molecule has 5 rings (SSSR count). The highest BCUT2D eigenvalue weighted by molar-refractivity contribution is 5.83. The van der Waals surface area contributed by atoms with E-state index in [0.29, 0.717) is 17.4 Å². The van der Waals surface area contributed by atoms with Crippen LogP contribution in [0.3, 0.4) is 0 Å².